The molecule has 4 heteroatoms. The number of nitrogens with one attached hydrogen (secondary N) is 2. The van der Waals surface area contributed by atoms with Gasteiger partial charge in [-0.05, 0) is 57.0 Å². The van der Waals surface area contributed by atoms with Crippen LogP contribution in [0.2, 0.25) is 0 Å². The zero-order chi connectivity index (χ0) is 17.5. The molecule has 0 heterocycles. The highest BCUT2D eigenvalue weighted by Crippen LogP contribution is 2.16. The van der Waals surface area contributed by atoms with E-state index in [1.807, 2.05) is 76.2 Å². The van der Waals surface area contributed by atoms with Crippen LogP contribution in [0.15, 0.2) is 48.5 Å². The van der Waals surface area contributed by atoms with Gasteiger partial charge in [0.25, 0.3) is 0 Å². The number of rotatable bonds is 7. The molecule has 0 aliphatic heterocycles. The molecule has 2 aromatic rings. The lowest BCUT2D eigenvalue weighted by Gasteiger charge is -2.17. The molecule has 1 atom stereocenters. The van der Waals surface area contributed by atoms with Crippen LogP contribution < -0.4 is 10.6 Å². The normalized spacial score (nSPS) is 12.0. The molecular formula is C20H26N2O2. The van der Waals surface area contributed by atoms with E-state index in [0.717, 1.165) is 22.5 Å². The molecule has 0 saturated heterocycles. The molecule has 0 saturated carbocycles. The van der Waals surface area contributed by atoms with Crippen LogP contribution in [0.1, 0.15) is 31.9 Å². The molecule has 2 N–H and O–H groups in total. The minimum Gasteiger partial charge on any atom is -0.374 e. The molecule has 1 unspecified atom stereocenters. The van der Waals surface area contributed by atoms with Crippen molar-refractivity contribution in [2.24, 2.45) is 0 Å². The van der Waals surface area contributed by atoms with Crippen molar-refractivity contribution in [1.82, 2.24) is 0 Å². The van der Waals surface area contributed by atoms with Crippen molar-refractivity contribution in [2.75, 3.05) is 10.6 Å². The summed E-state index contributed by atoms with van der Waals surface area (Å²) in [6, 6.07) is 15.4. The molecule has 0 spiro atoms. The Morgan fingerprint density at radius 3 is 2.54 bits per heavy atom. The SMILES string of the molecule is Cc1ccccc1NC(=O)C(C)Nc1cccc(COC(C)C)c1. The van der Waals surface area contributed by atoms with Gasteiger partial charge < -0.3 is 15.4 Å². The van der Waals surface area contributed by atoms with E-state index in [9.17, 15) is 4.79 Å². The van der Waals surface area contributed by atoms with Crippen LogP contribution in [0.5, 0.6) is 0 Å². The fourth-order valence-corrected chi connectivity index (χ4v) is 2.28. The molecule has 2 aromatic carbocycles. The number of carbonyl (C=O) groups excluding carboxylic acids is 1. The van der Waals surface area contributed by atoms with Gasteiger partial charge >= 0.3 is 0 Å². The lowest BCUT2D eigenvalue weighted by atomic mass is 10.1. The molecular weight excluding hydrogens is 300 g/mol. The van der Waals surface area contributed by atoms with E-state index in [-0.39, 0.29) is 18.1 Å². The van der Waals surface area contributed by atoms with E-state index in [1.54, 1.807) is 0 Å². The number of hydrogen-bond acceptors (Lipinski definition) is 3. The van der Waals surface area contributed by atoms with Gasteiger partial charge in [0.1, 0.15) is 6.04 Å². The van der Waals surface area contributed by atoms with Gasteiger partial charge in [-0.3, -0.25) is 4.79 Å². The highest BCUT2D eigenvalue weighted by atomic mass is 16.5. The van der Waals surface area contributed by atoms with E-state index in [1.165, 1.54) is 0 Å². The smallest absolute Gasteiger partial charge is 0.246 e. The van der Waals surface area contributed by atoms with Crippen molar-refractivity contribution in [1.29, 1.82) is 0 Å². The molecule has 2 rings (SSSR count). The van der Waals surface area contributed by atoms with Crippen LogP contribution in [0.3, 0.4) is 0 Å². The molecule has 0 aliphatic rings. The highest BCUT2D eigenvalue weighted by molar-refractivity contribution is 5.96. The van der Waals surface area contributed by atoms with E-state index >= 15 is 0 Å². The molecule has 24 heavy (non-hydrogen) atoms. The van der Waals surface area contributed by atoms with Crippen LogP contribution in [-0.2, 0) is 16.1 Å². The summed E-state index contributed by atoms with van der Waals surface area (Å²) < 4.78 is 5.62. The Labute approximate surface area is 144 Å². The Kier molecular flexibility index (Phi) is 6.38. The Balaban J connectivity index is 1.96. The van der Waals surface area contributed by atoms with Gasteiger partial charge in [-0.15, -0.1) is 0 Å². The number of anilines is 2. The van der Waals surface area contributed by atoms with Gasteiger partial charge in [-0.25, -0.2) is 0 Å². The quantitative estimate of drug-likeness (QED) is 0.795. The molecule has 0 aromatic heterocycles. The summed E-state index contributed by atoms with van der Waals surface area (Å²) in [5, 5.41) is 6.20. The zero-order valence-corrected chi connectivity index (χ0v) is 14.8. The van der Waals surface area contributed by atoms with Crippen LogP contribution in [0.25, 0.3) is 0 Å². The van der Waals surface area contributed by atoms with Gasteiger partial charge in [-0.2, -0.15) is 0 Å². The van der Waals surface area contributed by atoms with E-state index in [2.05, 4.69) is 10.6 Å². The van der Waals surface area contributed by atoms with Gasteiger partial charge in [0.2, 0.25) is 5.91 Å². The first-order valence-corrected chi connectivity index (χ1v) is 8.29. The monoisotopic (exact) mass is 326 g/mol. The third-order valence-electron chi connectivity index (χ3n) is 3.69. The van der Waals surface area contributed by atoms with Crippen molar-refractivity contribution < 1.29 is 9.53 Å². The second kappa shape index (κ2) is 8.50. The minimum atomic E-state index is -0.342. The highest BCUT2D eigenvalue weighted by Gasteiger charge is 2.13. The number of amides is 1. The largest absolute Gasteiger partial charge is 0.374 e. The summed E-state index contributed by atoms with van der Waals surface area (Å²) in [6.45, 7) is 8.42. The fourth-order valence-electron chi connectivity index (χ4n) is 2.28. The molecule has 128 valence electrons. The second-order valence-corrected chi connectivity index (χ2v) is 6.23. The molecule has 0 fully saturated rings. The van der Waals surface area contributed by atoms with Crippen LogP contribution >= 0.6 is 0 Å². The summed E-state index contributed by atoms with van der Waals surface area (Å²) in [6.07, 6.45) is 0.195. The summed E-state index contributed by atoms with van der Waals surface area (Å²) in [5.74, 6) is -0.0619. The first kappa shape index (κ1) is 18.0. The Bertz CT molecular complexity index is 683. The third-order valence-corrected chi connectivity index (χ3v) is 3.69. The number of hydrogen-bond donors (Lipinski definition) is 2. The molecule has 0 aliphatic carbocycles. The average Bonchev–Trinajstić information content (AvgIpc) is 2.55. The summed E-state index contributed by atoms with van der Waals surface area (Å²) in [7, 11) is 0. The van der Waals surface area contributed by atoms with Crippen LogP contribution in [0.4, 0.5) is 11.4 Å². The van der Waals surface area contributed by atoms with Gasteiger partial charge in [0, 0.05) is 11.4 Å². The Morgan fingerprint density at radius 2 is 1.83 bits per heavy atom. The van der Waals surface area contributed by atoms with E-state index in [0.29, 0.717) is 6.61 Å². The number of ether oxygens (including phenoxy) is 1. The summed E-state index contributed by atoms with van der Waals surface area (Å²) >= 11 is 0. The van der Waals surface area contributed by atoms with Crippen LogP contribution in [-0.4, -0.2) is 18.1 Å². The van der Waals surface area contributed by atoms with E-state index < -0.39 is 0 Å². The topological polar surface area (TPSA) is 50.4 Å². The maximum atomic E-state index is 12.4. The first-order chi connectivity index (χ1) is 11.5. The van der Waals surface area contributed by atoms with E-state index in [4.69, 9.17) is 4.74 Å². The summed E-state index contributed by atoms with van der Waals surface area (Å²) in [5.41, 5.74) is 3.88. The second-order valence-electron chi connectivity index (χ2n) is 6.23. The number of benzene rings is 2. The minimum absolute atomic E-state index is 0.0619. The number of carbonyl (C=O) groups is 1. The summed E-state index contributed by atoms with van der Waals surface area (Å²) in [4.78, 5) is 12.4. The number of aryl methyl sites for hydroxylation is 1. The fraction of sp³-hybridized carbons (Fsp3) is 0.350. The maximum Gasteiger partial charge on any atom is 0.246 e. The van der Waals surface area contributed by atoms with Gasteiger partial charge in [0.05, 0.1) is 12.7 Å². The van der Waals surface area contributed by atoms with Crippen molar-refractivity contribution >= 4 is 17.3 Å². The molecule has 1 amide bonds. The lowest BCUT2D eigenvalue weighted by molar-refractivity contribution is -0.116. The van der Waals surface area contributed by atoms with Crippen molar-refractivity contribution in [3.63, 3.8) is 0 Å². The molecule has 0 bridgehead atoms. The predicted molar refractivity (Wildman–Crippen MR) is 99.3 cm³/mol. The third kappa shape index (κ3) is 5.39. The standard InChI is InChI=1S/C20H26N2O2/c1-14(2)24-13-17-9-7-10-18(12-17)21-16(4)20(23)22-19-11-6-5-8-15(19)3/h5-12,14,16,21H,13H2,1-4H3,(H,22,23). The lowest BCUT2D eigenvalue weighted by Crippen LogP contribution is -2.32. The average molecular weight is 326 g/mol. The van der Waals surface area contributed by atoms with Crippen LogP contribution in [0, 0.1) is 6.92 Å². The number of para-hydroxylation sites is 1. The first-order valence-electron chi connectivity index (χ1n) is 8.29. The molecule has 4 nitrogen and oxygen atoms in total. The zero-order valence-electron chi connectivity index (χ0n) is 14.8. The maximum absolute atomic E-state index is 12.4. The predicted octanol–water partition coefficient (Wildman–Crippen LogP) is 4.36. The molecule has 0 radical (unpaired) electrons. The van der Waals surface area contributed by atoms with Gasteiger partial charge in [0.15, 0.2) is 0 Å². The van der Waals surface area contributed by atoms with Crippen molar-refractivity contribution in [3.8, 4) is 0 Å². The van der Waals surface area contributed by atoms with Crippen molar-refractivity contribution in [3.05, 3.63) is 59.7 Å². The Morgan fingerprint density at radius 1 is 1.08 bits per heavy atom. The Hall–Kier alpha value is -2.33. The van der Waals surface area contributed by atoms with Gasteiger partial charge in [-0.1, -0.05) is 30.3 Å². The van der Waals surface area contributed by atoms with Crippen molar-refractivity contribution in [2.45, 2.75) is 46.4 Å².